The predicted octanol–water partition coefficient (Wildman–Crippen LogP) is 3.52. The van der Waals surface area contributed by atoms with Gasteiger partial charge in [0.25, 0.3) is 0 Å². The molecule has 0 spiro atoms. The summed E-state index contributed by atoms with van der Waals surface area (Å²) in [6.07, 6.45) is 10.0. The van der Waals surface area contributed by atoms with Crippen LogP contribution in [0.15, 0.2) is 12.2 Å². The summed E-state index contributed by atoms with van der Waals surface area (Å²) in [5, 5.41) is 5.64. The van der Waals surface area contributed by atoms with E-state index < -0.39 is 36.3 Å². The molecule has 34 heavy (non-hydrogen) atoms. The van der Waals surface area contributed by atoms with Crippen molar-refractivity contribution in [3.8, 4) is 0 Å². The quantitative estimate of drug-likeness (QED) is 0.275. The molecule has 0 saturated heterocycles. The van der Waals surface area contributed by atoms with Crippen LogP contribution in [0.1, 0.15) is 78.1 Å². The molecule has 10 heteroatoms. The van der Waals surface area contributed by atoms with Gasteiger partial charge in [-0.2, -0.15) is 0 Å². The van der Waals surface area contributed by atoms with Crippen molar-refractivity contribution in [2.75, 3.05) is 13.2 Å². The van der Waals surface area contributed by atoms with Crippen LogP contribution in [0.25, 0.3) is 0 Å². The van der Waals surface area contributed by atoms with Crippen molar-refractivity contribution in [3.05, 3.63) is 12.2 Å². The lowest BCUT2D eigenvalue weighted by molar-refractivity contribution is -0.143. The molecule has 0 radical (unpaired) electrons. The van der Waals surface area contributed by atoms with Gasteiger partial charge in [-0.05, 0) is 39.5 Å². The van der Waals surface area contributed by atoms with Gasteiger partial charge in [0, 0.05) is 24.2 Å². The zero-order chi connectivity index (χ0) is 24.8. The lowest BCUT2D eigenvalue weighted by atomic mass is 9.96. The van der Waals surface area contributed by atoms with Crippen molar-refractivity contribution in [3.63, 3.8) is 0 Å². The zero-order valence-corrected chi connectivity index (χ0v) is 20.2. The first kappa shape index (κ1) is 27.5. The molecule has 2 aliphatic rings. The summed E-state index contributed by atoms with van der Waals surface area (Å²) in [5.41, 5.74) is 0. The summed E-state index contributed by atoms with van der Waals surface area (Å²) in [5.74, 6) is -1.53. The van der Waals surface area contributed by atoms with Crippen LogP contribution in [0, 0.1) is 0 Å². The smallest absolute Gasteiger partial charge is 0.407 e. The third-order valence-electron chi connectivity index (χ3n) is 5.75. The fourth-order valence-electron chi connectivity index (χ4n) is 3.96. The summed E-state index contributed by atoms with van der Waals surface area (Å²) in [7, 11) is 0. The van der Waals surface area contributed by atoms with Crippen molar-refractivity contribution in [1.29, 1.82) is 0 Å². The van der Waals surface area contributed by atoms with Crippen molar-refractivity contribution in [2.24, 2.45) is 0 Å². The lowest BCUT2D eigenvalue weighted by Crippen LogP contribution is -2.38. The minimum absolute atomic E-state index is 0.129. The number of amides is 2. The highest BCUT2D eigenvalue weighted by molar-refractivity contribution is 5.91. The summed E-state index contributed by atoms with van der Waals surface area (Å²) in [6.45, 7) is 2.93. The summed E-state index contributed by atoms with van der Waals surface area (Å²) >= 11 is 0. The van der Waals surface area contributed by atoms with E-state index in [1.165, 1.54) is 12.8 Å². The van der Waals surface area contributed by atoms with E-state index in [-0.39, 0.29) is 25.3 Å². The molecule has 2 fully saturated rings. The molecule has 0 aromatic rings. The van der Waals surface area contributed by atoms with E-state index in [2.05, 4.69) is 10.6 Å². The van der Waals surface area contributed by atoms with E-state index in [9.17, 15) is 19.2 Å². The molecule has 2 atom stereocenters. The maximum Gasteiger partial charge on any atom is 0.407 e. The average molecular weight is 483 g/mol. The highest BCUT2D eigenvalue weighted by Gasteiger charge is 2.19. The predicted molar refractivity (Wildman–Crippen MR) is 123 cm³/mol. The Labute approximate surface area is 201 Å². The molecule has 2 N–H and O–H groups in total. The van der Waals surface area contributed by atoms with Crippen molar-refractivity contribution >= 4 is 24.1 Å². The van der Waals surface area contributed by atoms with Gasteiger partial charge in [0.2, 0.25) is 0 Å². The summed E-state index contributed by atoms with van der Waals surface area (Å²) in [6, 6.07) is 0.258. The first-order valence-corrected chi connectivity index (χ1v) is 12.3. The van der Waals surface area contributed by atoms with Gasteiger partial charge >= 0.3 is 24.1 Å². The fourth-order valence-corrected chi connectivity index (χ4v) is 3.96. The van der Waals surface area contributed by atoms with Crippen LogP contribution in [0.3, 0.4) is 0 Å². The molecule has 0 aromatic carbocycles. The fraction of sp³-hybridized carbons (Fsp3) is 0.750. The Balaban J connectivity index is 1.55. The molecule has 0 aromatic heterocycles. The van der Waals surface area contributed by atoms with Crippen LogP contribution in [0.2, 0.25) is 0 Å². The molecule has 0 aliphatic heterocycles. The van der Waals surface area contributed by atoms with Crippen LogP contribution in [0.4, 0.5) is 9.59 Å². The second-order valence-corrected chi connectivity index (χ2v) is 8.98. The first-order valence-electron chi connectivity index (χ1n) is 12.3. The van der Waals surface area contributed by atoms with E-state index in [4.69, 9.17) is 18.9 Å². The minimum atomic E-state index is -0.767. The van der Waals surface area contributed by atoms with Gasteiger partial charge in [-0.25, -0.2) is 19.2 Å². The van der Waals surface area contributed by atoms with E-state index in [1.807, 2.05) is 0 Å². The molecule has 0 bridgehead atoms. The Morgan fingerprint density at radius 1 is 0.676 bits per heavy atom. The topological polar surface area (TPSA) is 129 Å². The number of carbonyl (C=O) groups is 4. The maximum atomic E-state index is 11.9. The SMILES string of the molecule is C[C@H](COC(=O)/C=C/C(=O)OC[C@@H](C)OC(=O)NC1CCCCC1)OC(=O)NC1CCCCC1. The molecule has 2 amide bonds. The number of esters is 2. The number of alkyl carbamates (subject to hydrolysis) is 2. The standard InChI is InChI=1S/C24H38N2O8/c1-17(33-23(29)25-19-9-5-3-6-10-19)15-31-21(27)13-14-22(28)32-16-18(2)34-24(30)26-20-11-7-4-8-12-20/h13-14,17-20H,3-12,15-16H2,1-2H3,(H,25,29)(H,26,30)/b14-13+/t17-,18-/m1/s1. The van der Waals surface area contributed by atoms with Gasteiger partial charge in [0.1, 0.15) is 25.4 Å². The molecular formula is C24H38N2O8. The Kier molecular flexibility index (Phi) is 12.3. The normalized spacial score (nSPS) is 19.0. The van der Waals surface area contributed by atoms with E-state index in [0.29, 0.717) is 0 Å². The van der Waals surface area contributed by atoms with E-state index in [1.54, 1.807) is 13.8 Å². The maximum absolute atomic E-state index is 11.9. The van der Waals surface area contributed by atoms with Gasteiger partial charge in [0.05, 0.1) is 0 Å². The molecule has 0 unspecified atom stereocenters. The third-order valence-corrected chi connectivity index (χ3v) is 5.75. The molecule has 2 rings (SSSR count). The first-order chi connectivity index (χ1) is 16.3. The van der Waals surface area contributed by atoms with Crippen LogP contribution >= 0.6 is 0 Å². The number of hydrogen-bond acceptors (Lipinski definition) is 8. The molecular weight excluding hydrogens is 444 g/mol. The van der Waals surface area contributed by atoms with E-state index in [0.717, 1.165) is 63.5 Å². The minimum Gasteiger partial charge on any atom is -0.459 e. The Hall–Kier alpha value is -2.78. The van der Waals surface area contributed by atoms with E-state index >= 15 is 0 Å². The highest BCUT2D eigenvalue weighted by atomic mass is 16.6. The average Bonchev–Trinajstić information content (AvgIpc) is 2.81. The van der Waals surface area contributed by atoms with Gasteiger partial charge in [-0.3, -0.25) is 0 Å². The molecule has 2 aliphatic carbocycles. The van der Waals surface area contributed by atoms with Gasteiger partial charge in [-0.15, -0.1) is 0 Å². The summed E-state index contributed by atoms with van der Waals surface area (Å²) < 4.78 is 20.3. The Morgan fingerprint density at radius 3 is 1.38 bits per heavy atom. The molecule has 2 saturated carbocycles. The second kappa shape index (κ2) is 15.2. The van der Waals surface area contributed by atoms with Gasteiger partial charge in [-0.1, -0.05) is 38.5 Å². The number of hydrogen-bond donors (Lipinski definition) is 2. The number of ether oxygens (including phenoxy) is 4. The van der Waals surface area contributed by atoms with Crippen molar-refractivity contribution in [2.45, 2.75) is 102 Å². The Bertz CT molecular complexity index is 641. The van der Waals surface area contributed by atoms with Crippen LogP contribution in [-0.4, -0.2) is 61.6 Å². The molecule has 192 valence electrons. The zero-order valence-electron chi connectivity index (χ0n) is 20.2. The van der Waals surface area contributed by atoms with Crippen LogP contribution < -0.4 is 10.6 Å². The number of carbonyl (C=O) groups excluding carboxylic acids is 4. The van der Waals surface area contributed by atoms with Crippen LogP contribution in [-0.2, 0) is 28.5 Å². The molecule has 10 nitrogen and oxygen atoms in total. The lowest BCUT2D eigenvalue weighted by Gasteiger charge is -2.23. The van der Waals surface area contributed by atoms with Crippen molar-refractivity contribution in [1.82, 2.24) is 10.6 Å². The number of nitrogens with one attached hydrogen (secondary N) is 2. The largest absolute Gasteiger partial charge is 0.459 e. The third kappa shape index (κ3) is 11.9. The van der Waals surface area contributed by atoms with Crippen molar-refractivity contribution < 1.29 is 38.1 Å². The number of rotatable bonds is 10. The van der Waals surface area contributed by atoms with Gasteiger partial charge in [0.15, 0.2) is 0 Å². The monoisotopic (exact) mass is 482 g/mol. The van der Waals surface area contributed by atoms with Gasteiger partial charge < -0.3 is 29.6 Å². The second-order valence-electron chi connectivity index (χ2n) is 8.98. The molecule has 0 heterocycles. The highest BCUT2D eigenvalue weighted by Crippen LogP contribution is 2.18. The Morgan fingerprint density at radius 2 is 1.03 bits per heavy atom. The summed E-state index contributed by atoms with van der Waals surface area (Å²) in [4.78, 5) is 47.3. The van der Waals surface area contributed by atoms with Crippen LogP contribution in [0.5, 0.6) is 0 Å².